The molecule has 0 aliphatic rings. The predicted octanol–water partition coefficient (Wildman–Crippen LogP) is 3.42. The van der Waals surface area contributed by atoms with Gasteiger partial charge < -0.3 is 5.73 Å². The summed E-state index contributed by atoms with van der Waals surface area (Å²) in [7, 11) is 1.80. The summed E-state index contributed by atoms with van der Waals surface area (Å²) in [5, 5.41) is 4.87. The van der Waals surface area contributed by atoms with Gasteiger partial charge in [0.2, 0.25) is 0 Å². The number of nitrogens with two attached hydrogens (primary N) is 1. The SMILES string of the molecule is Cc1nn(C)c(CC(N)c2cccc(F)c2Cl)c1Cl. The lowest BCUT2D eigenvalue weighted by Crippen LogP contribution is -2.16. The van der Waals surface area contributed by atoms with Gasteiger partial charge in [-0.3, -0.25) is 4.68 Å². The number of rotatable bonds is 3. The molecule has 1 atom stereocenters. The molecule has 0 radical (unpaired) electrons. The summed E-state index contributed by atoms with van der Waals surface area (Å²) < 4.78 is 15.1. The highest BCUT2D eigenvalue weighted by Crippen LogP contribution is 2.29. The lowest BCUT2D eigenvalue weighted by Gasteiger charge is -2.14. The molecule has 19 heavy (non-hydrogen) atoms. The van der Waals surface area contributed by atoms with Crippen molar-refractivity contribution in [3.05, 3.63) is 51.0 Å². The number of aryl methyl sites for hydroxylation is 2. The summed E-state index contributed by atoms with van der Waals surface area (Å²) in [6.45, 7) is 1.83. The van der Waals surface area contributed by atoms with Gasteiger partial charge in [-0.1, -0.05) is 35.3 Å². The summed E-state index contributed by atoms with van der Waals surface area (Å²) in [6.07, 6.45) is 0.444. The molecule has 0 saturated heterocycles. The van der Waals surface area contributed by atoms with Crippen molar-refractivity contribution in [3.63, 3.8) is 0 Å². The van der Waals surface area contributed by atoms with Crippen molar-refractivity contribution < 1.29 is 4.39 Å². The number of nitrogens with zero attached hydrogens (tertiary/aromatic N) is 2. The highest BCUT2D eigenvalue weighted by Gasteiger charge is 2.18. The van der Waals surface area contributed by atoms with Crippen LogP contribution in [-0.2, 0) is 13.5 Å². The van der Waals surface area contributed by atoms with Crippen LogP contribution in [0.15, 0.2) is 18.2 Å². The van der Waals surface area contributed by atoms with Gasteiger partial charge in [0.15, 0.2) is 0 Å². The summed E-state index contributed by atoms with van der Waals surface area (Å²) in [4.78, 5) is 0. The van der Waals surface area contributed by atoms with Gasteiger partial charge in [0, 0.05) is 19.5 Å². The maximum absolute atomic E-state index is 13.4. The minimum atomic E-state index is -0.470. The molecule has 2 aromatic rings. The molecular weight excluding hydrogens is 288 g/mol. The summed E-state index contributed by atoms with van der Waals surface area (Å²) in [5.41, 5.74) is 8.22. The molecule has 2 N–H and O–H groups in total. The van der Waals surface area contributed by atoms with Gasteiger partial charge in [-0.15, -0.1) is 0 Å². The van der Waals surface area contributed by atoms with Crippen LogP contribution >= 0.6 is 23.2 Å². The number of hydrogen-bond donors (Lipinski definition) is 1. The number of aromatic nitrogens is 2. The van der Waals surface area contributed by atoms with Gasteiger partial charge in [0.05, 0.1) is 21.4 Å². The average molecular weight is 302 g/mol. The quantitative estimate of drug-likeness (QED) is 0.944. The second kappa shape index (κ2) is 5.49. The van der Waals surface area contributed by atoms with Gasteiger partial charge in [0.25, 0.3) is 0 Å². The average Bonchev–Trinajstić information content (AvgIpc) is 2.59. The highest BCUT2D eigenvalue weighted by molar-refractivity contribution is 6.32. The van der Waals surface area contributed by atoms with Gasteiger partial charge >= 0.3 is 0 Å². The van der Waals surface area contributed by atoms with Crippen LogP contribution in [-0.4, -0.2) is 9.78 Å². The first kappa shape index (κ1) is 14.3. The van der Waals surface area contributed by atoms with Crippen molar-refractivity contribution in [2.24, 2.45) is 12.8 Å². The van der Waals surface area contributed by atoms with Crippen LogP contribution in [0.5, 0.6) is 0 Å². The molecule has 2 rings (SSSR count). The van der Waals surface area contributed by atoms with Gasteiger partial charge in [0.1, 0.15) is 5.82 Å². The zero-order valence-electron chi connectivity index (χ0n) is 10.6. The van der Waals surface area contributed by atoms with E-state index < -0.39 is 11.9 Å². The van der Waals surface area contributed by atoms with Crippen LogP contribution in [0.4, 0.5) is 4.39 Å². The van der Waals surface area contributed by atoms with E-state index in [0.717, 1.165) is 11.4 Å². The van der Waals surface area contributed by atoms with E-state index in [1.54, 1.807) is 23.9 Å². The Morgan fingerprint density at radius 1 is 1.37 bits per heavy atom. The number of hydrogen-bond acceptors (Lipinski definition) is 2. The fraction of sp³-hybridized carbons (Fsp3) is 0.308. The molecule has 0 saturated carbocycles. The van der Waals surface area contributed by atoms with Crippen LogP contribution in [0.3, 0.4) is 0 Å². The van der Waals surface area contributed by atoms with Crippen molar-refractivity contribution >= 4 is 23.2 Å². The molecule has 102 valence electrons. The Morgan fingerprint density at radius 3 is 2.63 bits per heavy atom. The predicted molar refractivity (Wildman–Crippen MR) is 75.0 cm³/mol. The Bertz CT molecular complexity index is 610. The van der Waals surface area contributed by atoms with E-state index in [4.69, 9.17) is 28.9 Å². The van der Waals surface area contributed by atoms with Crippen molar-refractivity contribution in [2.75, 3.05) is 0 Å². The fourth-order valence-electron chi connectivity index (χ4n) is 2.03. The zero-order chi connectivity index (χ0) is 14.2. The molecule has 0 bridgehead atoms. The minimum Gasteiger partial charge on any atom is -0.324 e. The lowest BCUT2D eigenvalue weighted by molar-refractivity contribution is 0.610. The van der Waals surface area contributed by atoms with E-state index in [2.05, 4.69) is 5.10 Å². The molecular formula is C13H14Cl2FN3. The van der Waals surface area contributed by atoms with E-state index in [1.807, 2.05) is 6.92 Å². The molecule has 0 spiro atoms. The van der Waals surface area contributed by atoms with Crippen LogP contribution < -0.4 is 5.73 Å². The van der Waals surface area contributed by atoms with E-state index in [0.29, 0.717) is 17.0 Å². The second-order valence-electron chi connectivity index (χ2n) is 4.42. The Balaban J connectivity index is 2.31. The van der Waals surface area contributed by atoms with Crippen LogP contribution in [0.2, 0.25) is 10.0 Å². The van der Waals surface area contributed by atoms with Crippen molar-refractivity contribution in [1.29, 1.82) is 0 Å². The molecule has 0 fully saturated rings. The van der Waals surface area contributed by atoms with Crippen molar-refractivity contribution in [3.8, 4) is 0 Å². The third kappa shape index (κ3) is 2.76. The third-order valence-corrected chi connectivity index (χ3v) is 3.95. The summed E-state index contributed by atoms with van der Waals surface area (Å²) in [5.74, 6) is -0.470. The topological polar surface area (TPSA) is 43.8 Å². The number of benzene rings is 1. The van der Waals surface area contributed by atoms with E-state index in [9.17, 15) is 4.39 Å². The Hall–Kier alpha value is -1.10. The lowest BCUT2D eigenvalue weighted by atomic mass is 10.0. The zero-order valence-corrected chi connectivity index (χ0v) is 12.1. The third-order valence-electron chi connectivity index (χ3n) is 3.06. The first-order chi connectivity index (χ1) is 8.91. The van der Waals surface area contributed by atoms with Gasteiger partial charge in [-0.25, -0.2) is 4.39 Å². The smallest absolute Gasteiger partial charge is 0.142 e. The number of halogens is 3. The maximum Gasteiger partial charge on any atom is 0.142 e. The summed E-state index contributed by atoms with van der Waals surface area (Å²) >= 11 is 12.1. The second-order valence-corrected chi connectivity index (χ2v) is 5.18. The minimum absolute atomic E-state index is 0.0602. The van der Waals surface area contributed by atoms with Crippen LogP contribution in [0.25, 0.3) is 0 Å². The van der Waals surface area contributed by atoms with E-state index in [1.165, 1.54) is 6.07 Å². The summed E-state index contributed by atoms with van der Waals surface area (Å²) in [6, 6.07) is 4.18. The first-order valence-electron chi connectivity index (χ1n) is 5.79. The normalized spacial score (nSPS) is 12.7. The van der Waals surface area contributed by atoms with Gasteiger partial charge in [-0.2, -0.15) is 5.10 Å². The molecule has 0 aliphatic heterocycles. The van der Waals surface area contributed by atoms with Crippen LogP contribution in [0, 0.1) is 12.7 Å². The van der Waals surface area contributed by atoms with E-state index in [-0.39, 0.29) is 5.02 Å². The molecule has 0 amide bonds. The molecule has 1 unspecified atom stereocenters. The Labute approximate surface area is 121 Å². The monoisotopic (exact) mass is 301 g/mol. The van der Waals surface area contributed by atoms with Crippen molar-refractivity contribution in [1.82, 2.24) is 9.78 Å². The molecule has 1 aromatic heterocycles. The molecule has 0 aliphatic carbocycles. The standard InChI is InChI=1S/C13H14Cl2FN3/c1-7-12(14)11(19(2)18-7)6-10(17)8-4-3-5-9(16)13(8)15/h3-5,10H,6,17H2,1-2H3. The largest absolute Gasteiger partial charge is 0.324 e. The van der Waals surface area contributed by atoms with Gasteiger partial charge in [-0.05, 0) is 18.6 Å². The maximum atomic E-state index is 13.4. The molecule has 1 aromatic carbocycles. The van der Waals surface area contributed by atoms with Crippen LogP contribution in [0.1, 0.15) is 23.0 Å². The highest BCUT2D eigenvalue weighted by atomic mass is 35.5. The molecule has 6 heteroatoms. The fourth-order valence-corrected chi connectivity index (χ4v) is 2.53. The molecule has 1 heterocycles. The van der Waals surface area contributed by atoms with E-state index >= 15 is 0 Å². The Kier molecular flexibility index (Phi) is 4.13. The first-order valence-corrected chi connectivity index (χ1v) is 6.55. The Morgan fingerprint density at radius 2 is 2.05 bits per heavy atom. The van der Waals surface area contributed by atoms with Crippen molar-refractivity contribution in [2.45, 2.75) is 19.4 Å². The molecule has 3 nitrogen and oxygen atoms in total.